The van der Waals surface area contributed by atoms with Crippen molar-refractivity contribution in [2.75, 3.05) is 11.9 Å². The first-order valence-electron chi connectivity index (χ1n) is 7.08. The molecule has 6 heteroatoms. The Morgan fingerprint density at radius 2 is 1.95 bits per heavy atom. The van der Waals surface area contributed by atoms with Gasteiger partial charge in [-0.15, -0.1) is 11.3 Å². The van der Waals surface area contributed by atoms with E-state index in [0.717, 1.165) is 10.1 Å². The van der Waals surface area contributed by atoms with E-state index in [-0.39, 0.29) is 17.5 Å². The maximum Gasteiger partial charge on any atom is 0.348 e. The molecule has 2 amide bonds. The van der Waals surface area contributed by atoms with Gasteiger partial charge in [0, 0.05) is 15.9 Å². The van der Waals surface area contributed by atoms with Crippen LogP contribution in [0.5, 0.6) is 0 Å². The Balaban J connectivity index is 2.16. The second kappa shape index (κ2) is 6.36. The third-order valence-corrected chi connectivity index (χ3v) is 3.84. The summed E-state index contributed by atoms with van der Waals surface area (Å²) in [5.74, 6) is -0.316. The summed E-state index contributed by atoms with van der Waals surface area (Å²) >= 11 is 1.38. The quantitative estimate of drug-likeness (QED) is 0.840. The minimum atomic E-state index is -0.316. The Morgan fingerprint density at radius 1 is 1.23 bits per heavy atom. The molecule has 0 spiro atoms. The summed E-state index contributed by atoms with van der Waals surface area (Å²) in [5, 5.41) is 6.53. The normalized spacial score (nSPS) is 11.3. The van der Waals surface area contributed by atoms with Gasteiger partial charge in [0.1, 0.15) is 4.88 Å². The number of urea groups is 1. The number of amides is 2. The van der Waals surface area contributed by atoms with Crippen molar-refractivity contribution in [1.29, 1.82) is 0 Å². The fourth-order valence-electron chi connectivity index (χ4n) is 1.93. The molecule has 1 aromatic carbocycles. The van der Waals surface area contributed by atoms with Gasteiger partial charge >= 0.3 is 12.0 Å². The maximum absolute atomic E-state index is 11.9. The second-order valence-corrected chi connectivity index (χ2v) is 7.00. The van der Waals surface area contributed by atoms with Crippen LogP contribution in [0.4, 0.5) is 10.5 Å². The number of thiophene rings is 1. The molecule has 0 fully saturated rings. The number of esters is 1. The van der Waals surface area contributed by atoms with E-state index in [4.69, 9.17) is 4.74 Å². The van der Waals surface area contributed by atoms with E-state index in [2.05, 4.69) is 10.6 Å². The minimum absolute atomic E-state index is 0.257. The molecule has 0 bridgehead atoms. The predicted octanol–water partition coefficient (Wildman–Crippen LogP) is 4.00. The van der Waals surface area contributed by atoms with Crippen molar-refractivity contribution in [3.63, 3.8) is 0 Å². The highest BCUT2D eigenvalue weighted by Crippen LogP contribution is 2.28. The lowest BCUT2D eigenvalue weighted by Gasteiger charge is -2.20. The Labute approximate surface area is 133 Å². The molecule has 0 aliphatic carbocycles. The van der Waals surface area contributed by atoms with Crippen molar-refractivity contribution < 1.29 is 14.3 Å². The molecule has 0 radical (unpaired) electrons. The van der Waals surface area contributed by atoms with Gasteiger partial charge in [0.15, 0.2) is 0 Å². The molecule has 5 nitrogen and oxygen atoms in total. The number of hydrogen-bond donors (Lipinski definition) is 2. The molecule has 0 saturated carbocycles. The Hall–Kier alpha value is -2.08. The molecule has 0 unspecified atom stereocenters. The molecular weight excluding hydrogens is 300 g/mol. The van der Waals surface area contributed by atoms with Crippen LogP contribution in [0.3, 0.4) is 0 Å². The standard InChI is InChI=1S/C16H20N2O3S/c1-5-21-14(19)13-9-10-8-11(6-7-12(10)22-13)17-15(20)18-16(2,3)4/h6-9H,5H2,1-4H3,(H2,17,18,20). The summed E-state index contributed by atoms with van der Waals surface area (Å²) in [7, 11) is 0. The van der Waals surface area contributed by atoms with Crippen LogP contribution in [-0.4, -0.2) is 24.1 Å². The first-order valence-corrected chi connectivity index (χ1v) is 7.90. The van der Waals surface area contributed by atoms with Crippen LogP contribution >= 0.6 is 11.3 Å². The molecule has 2 aromatic rings. The van der Waals surface area contributed by atoms with Crippen LogP contribution in [0.25, 0.3) is 10.1 Å². The summed E-state index contributed by atoms with van der Waals surface area (Å²) in [6, 6.07) is 7.07. The van der Waals surface area contributed by atoms with Crippen LogP contribution in [-0.2, 0) is 4.74 Å². The summed E-state index contributed by atoms with van der Waals surface area (Å²) in [6.45, 7) is 7.88. The number of rotatable bonds is 3. The largest absolute Gasteiger partial charge is 0.462 e. The zero-order chi connectivity index (χ0) is 16.3. The average molecular weight is 320 g/mol. The third-order valence-electron chi connectivity index (χ3n) is 2.74. The van der Waals surface area contributed by atoms with Gasteiger partial charge in [-0.05, 0) is 57.3 Å². The van der Waals surface area contributed by atoms with E-state index in [1.54, 1.807) is 13.0 Å². The second-order valence-electron chi connectivity index (χ2n) is 5.91. The summed E-state index contributed by atoms with van der Waals surface area (Å²) < 4.78 is 5.98. The van der Waals surface area contributed by atoms with Gasteiger partial charge in [-0.2, -0.15) is 0 Å². The number of nitrogens with one attached hydrogen (secondary N) is 2. The highest BCUT2D eigenvalue weighted by atomic mass is 32.1. The molecule has 1 heterocycles. The van der Waals surface area contributed by atoms with Crippen molar-refractivity contribution in [3.8, 4) is 0 Å². The van der Waals surface area contributed by atoms with Gasteiger partial charge in [0.2, 0.25) is 0 Å². The van der Waals surface area contributed by atoms with Gasteiger partial charge in [-0.1, -0.05) is 0 Å². The number of fused-ring (bicyclic) bond motifs is 1. The van der Waals surface area contributed by atoms with Crippen LogP contribution in [0, 0.1) is 0 Å². The molecule has 0 aliphatic rings. The highest BCUT2D eigenvalue weighted by Gasteiger charge is 2.15. The van der Waals surface area contributed by atoms with E-state index >= 15 is 0 Å². The van der Waals surface area contributed by atoms with Crippen molar-refractivity contribution >= 4 is 39.1 Å². The SMILES string of the molecule is CCOC(=O)c1cc2cc(NC(=O)NC(C)(C)C)ccc2s1. The molecule has 22 heavy (non-hydrogen) atoms. The van der Waals surface area contributed by atoms with E-state index < -0.39 is 0 Å². The number of carbonyl (C=O) groups is 2. The number of benzene rings is 1. The topological polar surface area (TPSA) is 67.4 Å². The molecular formula is C16H20N2O3S. The van der Waals surface area contributed by atoms with Crippen molar-refractivity contribution in [2.24, 2.45) is 0 Å². The molecule has 2 rings (SSSR count). The number of ether oxygens (including phenoxy) is 1. The lowest BCUT2D eigenvalue weighted by atomic mass is 10.1. The van der Waals surface area contributed by atoms with Crippen LogP contribution in [0.15, 0.2) is 24.3 Å². The third kappa shape index (κ3) is 4.21. The van der Waals surface area contributed by atoms with E-state index in [0.29, 0.717) is 17.2 Å². The fourth-order valence-corrected chi connectivity index (χ4v) is 2.86. The first kappa shape index (κ1) is 16.3. The summed E-state index contributed by atoms with van der Waals surface area (Å²) in [6.07, 6.45) is 0. The van der Waals surface area contributed by atoms with Crippen molar-refractivity contribution in [2.45, 2.75) is 33.2 Å². The maximum atomic E-state index is 11.9. The zero-order valence-electron chi connectivity index (χ0n) is 13.1. The van der Waals surface area contributed by atoms with Crippen LogP contribution in [0.1, 0.15) is 37.4 Å². The zero-order valence-corrected chi connectivity index (χ0v) is 14.0. The van der Waals surface area contributed by atoms with Gasteiger partial charge in [0.25, 0.3) is 0 Å². The van der Waals surface area contributed by atoms with Crippen molar-refractivity contribution in [1.82, 2.24) is 5.32 Å². The molecule has 1 aromatic heterocycles. The van der Waals surface area contributed by atoms with Crippen molar-refractivity contribution in [3.05, 3.63) is 29.1 Å². The smallest absolute Gasteiger partial charge is 0.348 e. The van der Waals surface area contributed by atoms with Gasteiger partial charge in [0.05, 0.1) is 6.61 Å². The minimum Gasteiger partial charge on any atom is -0.462 e. The van der Waals surface area contributed by atoms with Gasteiger partial charge < -0.3 is 15.4 Å². The van der Waals surface area contributed by atoms with E-state index in [9.17, 15) is 9.59 Å². The van der Waals surface area contributed by atoms with Gasteiger partial charge in [-0.3, -0.25) is 0 Å². The fraction of sp³-hybridized carbons (Fsp3) is 0.375. The van der Waals surface area contributed by atoms with Crippen LogP contribution in [0.2, 0.25) is 0 Å². The Morgan fingerprint density at radius 3 is 2.59 bits per heavy atom. The summed E-state index contributed by atoms with van der Waals surface area (Å²) in [4.78, 5) is 24.2. The van der Waals surface area contributed by atoms with E-state index in [1.807, 2.05) is 39.0 Å². The lowest BCUT2D eigenvalue weighted by molar-refractivity contribution is 0.0532. The lowest BCUT2D eigenvalue weighted by Crippen LogP contribution is -2.43. The molecule has 0 saturated heterocycles. The molecule has 0 aliphatic heterocycles. The van der Waals surface area contributed by atoms with Crippen LogP contribution < -0.4 is 10.6 Å². The molecule has 118 valence electrons. The number of carbonyl (C=O) groups excluding carboxylic acids is 2. The molecule has 0 atom stereocenters. The number of anilines is 1. The Bertz CT molecular complexity index is 701. The average Bonchev–Trinajstić information content (AvgIpc) is 2.79. The first-order chi connectivity index (χ1) is 10.3. The Kier molecular flexibility index (Phi) is 4.71. The van der Waals surface area contributed by atoms with E-state index in [1.165, 1.54) is 11.3 Å². The van der Waals surface area contributed by atoms with Gasteiger partial charge in [-0.25, -0.2) is 9.59 Å². The summed E-state index contributed by atoms with van der Waals surface area (Å²) in [5.41, 5.74) is 0.385. The molecule has 2 N–H and O–H groups in total. The predicted molar refractivity (Wildman–Crippen MR) is 89.7 cm³/mol. The monoisotopic (exact) mass is 320 g/mol. The number of hydrogen-bond acceptors (Lipinski definition) is 4. The highest BCUT2D eigenvalue weighted by molar-refractivity contribution is 7.20.